The highest BCUT2D eigenvalue weighted by molar-refractivity contribution is 7.89. The van der Waals surface area contributed by atoms with Crippen LogP contribution in [0.5, 0.6) is 5.75 Å². The van der Waals surface area contributed by atoms with Crippen molar-refractivity contribution in [2.75, 3.05) is 26.0 Å². The van der Waals surface area contributed by atoms with Crippen molar-refractivity contribution in [3.8, 4) is 5.75 Å². The van der Waals surface area contributed by atoms with E-state index < -0.39 is 28.1 Å². The lowest BCUT2D eigenvalue weighted by molar-refractivity contribution is -0.147. The second kappa shape index (κ2) is 8.00. The lowest BCUT2D eigenvalue weighted by Crippen LogP contribution is -2.56. The number of methoxy groups -OCH3 is 1. The molecular formula is C14H21NO6S2. The third kappa shape index (κ3) is 4.17. The van der Waals surface area contributed by atoms with Crippen molar-refractivity contribution in [3.05, 3.63) is 24.3 Å². The summed E-state index contributed by atoms with van der Waals surface area (Å²) in [5.74, 6) is -0.630. The molecule has 1 atom stereocenters. The third-order valence-corrected chi connectivity index (χ3v) is 5.82. The number of ether oxygens (including phenoxy) is 1. The first-order valence-electron chi connectivity index (χ1n) is 6.86. The number of aliphatic hydroxyl groups is 1. The van der Waals surface area contributed by atoms with Crippen molar-refractivity contribution < 1.29 is 28.2 Å². The Balaban J connectivity index is 3.37. The maximum Gasteiger partial charge on any atom is 0.324 e. The molecule has 0 radical (unpaired) electrons. The molecule has 0 saturated carbocycles. The zero-order valence-corrected chi connectivity index (χ0v) is 14.7. The topological polar surface area (TPSA) is 104 Å². The van der Waals surface area contributed by atoms with Crippen molar-refractivity contribution in [2.24, 2.45) is 0 Å². The number of hydrogen-bond donors (Lipinski definition) is 3. The Bertz CT molecular complexity index is 631. The van der Waals surface area contributed by atoms with Crippen molar-refractivity contribution >= 4 is 28.6 Å². The molecule has 0 bridgehead atoms. The summed E-state index contributed by atoms with van der Waals surface area (Å²) >= 11 is 4.02. The number of aliphatic carboxylic acids is 1. The summed E-state index contributed by atoms with van der Waals surface area (Å²) in [7, 11) is -2.66. The first-order valence-corrected chi connectivity index (χ1v) is 8.93. The van der Waals surface area contributed by atoms with Gasteiger partial charge in [-0.05, 0) is 43.4 Å². The van der Waals surface area contributed by atoms with Gasteiger partial charge in [0, 0.05) is 6.54 Å². The summed E-state index contributed by atoms with van der Waals surface area (Å²) in [6.07, 6.45) is 0.000823. The molecule has 1 rings (SSSR count). The second-order valence-electron chi connectivity index (χ2n) is 5.03. The molecule has 23 heavy (non-hydrogen) atoms. The molecular weight excluding hydrogens is 342 g/mol. The van der Waals surface area contributed by atoms with Crippen LogP contribution in [-0.2, 0) is 14.8 Å². The van der Waals surface area contributed by atoms with Crippen molar-refractivity contribution in [2.45, 2.75) is 23.8 Å². The largest absolute Gasteiger partial charge is 0.497 e. The van der Waals surface area contributed by atoms with Gasteiger partial charge in [-0.2, -0.15) is 16.9 Å². The Morgan fingerprint density at radius 2 is 1.91 bits per heavy atom. The van der Waals surface area contributed by atoms with Gasteiger partial charge in [0.15, 0.2) is 0 Å². The van der Waals surface area contributed by atoms with Gasteiger partial charge in [-0.15, -0.1) is 0 Å². The van der Waals surface area contributed by atoms with E-state index in [1.54, 1.807) is 0 Å². The highest BCUT2D eigenvalue weighted by Crippen LogP contribution is 2.29. The molecule has 0 aromatic heterocycles. The first-order chi connectivity index (χ1) is 10.7. The molecule has 0 heterocycles. The van der Waals surface area contributed by atoms with Crippen LogP contribution in [-0.4, -0.2) is 60.5 Å². The van der Waals surface area contributed by atoms with Gasteiger partial charge in [-0.3, -0.25) is 4.79 Å². The van der Waals surface area contributed by atoms with Crippen LogP contribution in [0.25, 0.3) is 0 Å². The van der Waals surface area contributed by atoms with E-state index >= 15 is 0 Å². The average Bonchev–Trinajstić information content (AvgIpc) is 2.52. The Morgan fingerprint density at radius 1 is 1.35 bits per heavy atom. The molecule has 2 N–H and O–H groups in total. The Kier molecular flexibility index (Phi) is 6.87. The number of nitrogens with zero attached hydrogens (tertiary/aromatic N) is 1. The van der Waals surface area contributed by atoms with E-state index in [1.807, 2.05) is 0 Å². The molecule has 1 aromatic carbocycles. The summed E-state index contributed by atoms with van der Waals surface area (Å²) in [5, 5.41) is 18.7. The number of carbonyl (C=O) groups is 1. The number of carboxylic acids is 1. The number of thiol groups is 1. The Labute approximate surface area is 141 Å². The molecule has 0 spiro atoms. The van der Waals surface area contributed by atoms with Crippen LogP contribution < -0.4 is 4.74 Å². The van der Waals surface area contributed by atoms with Crippen LogP contribution >= 0.6 is 12.6 Å². The highest BCUT2D eigenvalue weighted by Gasteiger charge is 2.45. The summed E-state index contributed by atoms with van der Waals surface area (Å²) in [4.78, 5) is 11.6. The fourth-order valence-corrected chi connectivity index (χ4v) is 4.35. The Hall–Kier alpha value is -1.29. The molecule has 0 aliphatic rings. The van der Waals surface area contributed by atoms with E-state index in [0.717, 1.165) is 4.31 Å². The minimum atomic E-state index is -4.11. The van der Waals surface area contributed by atoms with Gasteiger partial charge >= 0.3 is 5.97 Å². The number of β-amino-alcohol motifs (C(OH)–C–C–N with tert-alkyl or cyclic N) is 1. The quantitative estimate of drug-likeness (QED) is 0.562. The van der Waals surface area contributed by atoms with Crippen LogP contribution in [0.3, 0.4) is 0 Å². The van der Waals surface area contributed by atoms with Gasteiger partial charge in [-0.25, -0.2) is 8.42 Å². The number of rotatable bonds is 9. The van der Waals surface area contributed by atoms with Gasteiger partial charge in [-0.1, -0.05) is 0 Å². The number of aliphatic hydroxyl groups excluding tert-OH is 1. The van der Waals surface area contributed by atoms with Crippen LogP contribution in [0.2, 0.25) is 0 Å². The molecule has 7 nitrogen and oxygen atoms in total. The van der Waals surface area contributed by atoms with Crippen LogP contribution in [0, 0.1) is 0 Å². The third-order valence-electron chi connectivity index (χ3n) is 3.56. The number of carboxylic acid groups (broad SMARTS) is 1. The number of hydrogen-bond acceptors (Lipinski definition) is 6. The van der Waals surface area contributed by atoms with Gasteiger partial charge < -0.3 is 14.9 Å². The Morgan fingerprint density at radius 3 is 2.30 bits per heavy atom. The minimum absolute atomic E-state index is 0.000823. The summed E-state index contributed by atoms with van der Waals surface area (Å²) in [6.45, 7) is 0.484. The van der Waals surface area contributed by atoms with Crippen LogP contribution in [0.1, 0.15) is 13.3 Å². The number of sulfonamides is 1. The van der Waals surface area contributed by atoms with Gasteiger partial charge in [0.2, 0.25) is 10.0 Å². The summed E-state index contributed by atoms with van der Waals surface area (Å²) < 4.78 is 31.5. The van der Waals surface area contributed by atoms with E-state index in [4.69, 9.17) is 4.74 Å². The molecule has 0 aliphatic carbocycles. The molecule has 0 fully saturated rings. The zero-order chi connectivity index (χ0) is 17.7. The zero-order valence-electron chi connectivity index (χ0n) is 13.0. The highest BCUT2D eigenvalue weighted by atomic mass is 32.2. The monoisotopic (exact) mass is 363 g/mol. The maximum absolute atomic E-state index is 12.8. The van der Waals surface area contributed by atoms with Gasteiger partial charge in [0.25, 0.3) is 0 Å². The van der Waals surface area contributed by atoms with E-state index in [0.29, 0.717) is 5.75 Å². The average molecular weight is 363 g/mol. The molecule has 0 unspecified atom stereocenters. The van der Waals surface area contributed by atoms with E-state index in [1.165, 1.54) is 38.3 Å². The standard InChI is InChI=1S/C14H21NO6S2/c1-14(7-10-22,13(17)18)15(8-9-16)23(19,20)12-5-3-11(21-2)4-6-12/h3-6,16,22H,7-10H2,1-2H3,(H,17,18)/t14-/m0/s1. The second-order valence-corrected chi connectivity index (χ2v) is 7.34. The predicted molar refractivity (Wildman–Crippen MR) is 88.5 cm³/mol. The maximum atomic E-state index is 12.8. The normalized spacial score (nSPS) is 14.5. The van der Waals surface area contributed by atoms with E-state index in [-0.39, 0.29) is 23.6 Å². The molecule has 9 heteroatoms. The minimum Gasteiger partial charge on any atom is -0.497 e. The molecule has 0 saturated heterocycles. The van der Waals surface area contributed by atoms with E-state index in [9.17, 15) is 23.4 Å². The first kappa shape index (κ1) is 19.8. The molecule has 130 valence electrons. The molecule has 1 aromatic rings. The fourth-order valence-electron chi connectivity index (χ4n) is 2.15. The van der Waals surface area contributed by atoms with E-state index in [2.05, 4.69) is 12.6 Å². The summed E-state index contributed by atoms with van der Waals surface area (Å²) in [6, 6.07) is 5.62. The van der Waals surface area contributed by atoms with Crippen molar-refractivity contribution in [1.82, 2.24) is 4.31 Å². The van der Waals surface area contributed by atoms with Gasteiger partial charge in [0.1, 0.15) is 11.3 Å². The molecule has 0 amide bonds. The van der Waals surface area contributed by atoms with Crippen molar-refractivity contribution in [3.63, 3.8) is 0 Å². The fraction of sp³-hybridized carbons (Fsp3) is 0.500. The van der Waals surface area contributed by atoms with Crippen molar-refractivity contribution in [1.29, 1.82) is 0 Å². The molecule has 0 aliphatic heterocycles. The van der Waals surface area contributed by atoms with Gasteiger partial charge in [0.05, 0.1) is 18.6 Å². The smallest absolute Gasteiger partial charge is 0.324 e. The predicted octanol–water partition coefficient (Wildman–Crippen LogP) is 0.841. The van der Waals surface area contributed by atoms with Crippen LogP contribution in [0.15, 0.2) is 29.2 Å². The summed E-state index contributed by atoms with van der Waals surface area (Å²) in [5.41, 5.74) is -1.71. The lowest BCUT2D eigenvalue weighted by atomic mass is 9.99. The van der Waals surface area contributed by atoms with Crippen LogP contribution in [0.4, 0.5) is 0 Å². The SMILES string of the molecule is COc1ccc(S(=O)(=O)N(CCO)[C@@](C)(CCS)C(=O)O)cc1. The lowest BCUT2D eigenvalue weighted by Gasteiger charge is -2.36. The number of benzene rings is 1.